The molecule has 1 heterocycles. The Morgan fingerprint density at radius 2 is 2.15 bits per heavy atom. The van der Waals surface area contributed by atoms with Crippen LogP contribution in [0.15, 0.2) is 0 Å². The van der Waals surface area contributed by atoms with E-state index in [1.54, 1.807) is 0 Å². The third-order valence-corrected chi connectivity index (χ3v) is 2.89. The normalized spacial score (nSPS) is 19.5. The van der Waals surface area contributed by atoms with Gasteiger partial charge in [-0.15, -0.1) is 0 Å². The van der Waals surface area contributed by atoms with Gasteiger partial charge in [-0.25, -0.2) is 0 Å². The Bertz CT molecular complexity index is 326. The zero-order chi connectivity index (χ0) is 9.64. The van der Waals surface area contributed by atoms with Crippen molar-refractivity contribution in [2.24, 2.45) is 5.73 Å². The fourth-order valence-corrected chi connectivity index (χ4v) is 1.94. The topological polar surface area (TPSA) is 54.7 Å². The first-order valence-electron chi connectivity index (χ1n) is 4.58. The van der Waals surface area contributed by atoms with Gasteiger partial charge in [-0.1, -0.05) is 25.4 Å². The van der Waals surface area contributed by atoms with Crippen molar-refractivity contribution in [1.29, 1.82) is 0 Å². The molecule has 1 aromatic heterocycles. The molecule has 1 saturated carbocycles. The number of halogens is 1. The molecule has 0 aliphatic heterocycles. The van der Waals surface area contributed by atoms with Crippen LogP contribution in [-0.2, 0) is 5.54 Å². The molecule has 1 aromatic rings. The Hall–Kier alpha value is -0.540. The van der Waals surface area contributed by atoms with Gasteiger partial charge in [0.2, 0.25) is 0 Å². The Kier molecular flexibility index (Phi) is 1.89. The minimum atomic E-state index is -0.191. The maximum atomic E-state index is 6.11. The summed E-state index contributed by atoms with van der Waals surface area (Å²) in [5.74, 6) is 0.399. The van der Waals surface area contributed by atoms with Crippen LogP contribution in [0.2, 0.25) is 5.15 Å². The van der Waals surface area contributed by atoms with Crippen LogP contribution in [0.1, 0.15) is 43.9 Å². The number of nitrogens with one attached hydrogen (secondary N) is 1. The van der Waals surface area contributed by atoms with Gasteiger partial charge in [0.15, 0.2) is 5.15 Å². The standard InChI is InChI=1S/C9H14ClN3/c1-5(2)7-6(8(10)13-12-7)9(11)3-4-9/h5H,3-4,11H2,1-2H3,(H,12,13). The van der Waals surface area contributed by atoms with Gasteiger partial charge in [0.05, 0.1) is 0 Å². The number of rotatable bonds is 2. The number of H-pyrrole nitrogens is 1. The highest BCUT2D eigenvalue weighted by Gasteiger charge is 2.44. The Balaban J connectivity index is 2.47. The van der Waals surface area contributed by atoms with Crippen molar-refractivity contribution in [3.8, 4) is 0 Å². The van der Waals surface area contributed by atoms with Gasteiger partial charge in [-0.2, -0.15) is 5.10 Å². The number of hydrogen-bond acceptors (Lipinski definition) is 2. The number of hydrogen-bond donors (Lipinski definition) is 2. The van der Waals surface area contributed by atoms with Crippen LogP contribution in [0.3, 0.4) is 0 Å². The molecule has 72 valence electrons. The number of nitrogens with two attached hydrogens (primary N) is 1. The highest BCUT2D eigenvalue weighted by molar-refractivity contribution is 6.30. The molecule has 0 unspecified atom stereocenters. The second kappa shape index (κ2) is 2.72. The Labute approximate surface area is 82.7 Å². The molecule has 0 bridgehead atoms. The molecule has 13 heavy (non-hydrogen) atoms. The summed E-state index contributed by atoms with van der Waals surface area (Å²) >= 11 is 5.99. The van der Waals surface area contributed by atoms with Crippen molar-refractivity contribution in [3.05, 3.63) is 16.4 Å². The van der Waals surface area contributed by atoms with E-state index in [1.807, 2.05) is 0 Å². The van der Waals surface area contributed by atoms with Crippen LogP contribution in [0, 0.1) is 0 Å². The van der Waals surface area contributed by atoms with Gasteiger partial charge in [0.1, 0.15) is 0 Å². The third kappa shape index (κ3) is 1.36. The molecule has 0 amide bonds. The van der Waals surface area contributed by atoms with E-state index in [9.17, 15) is 0 Å². The molecule has 1 aliphatic rings. The lowest BCUT2D eigenvalue weighted by atomic mass is 10.00. The molecule has 3 nitrogen and oxygen atoms in total. The summed E-state index contributed by atoms with van der Waals surface area (Å²) in [6, 6.07) is 0. The fraction of sp³-hybridized carbons (Fsp3) is 0.667. The molecular weight excluding hydrogens is 186 g/mol. The summed E-state index contributed by atoms with van der Waals surface area (Å²) in [7, 11) is 0. The summed E-state index contributed by atoms with van der Waals surface area (Å²) in [5, 5.41) is 7.51. The van der Waals surface area contributed by atoms with Crippen LogP contribution in [0.4, 0.5) is 0 Å². The van der Waals surface area contributed by atoms with Crippen molar-refractivity contribution in [1.82, 2.24) is 10.2 Å². The Morgan fingerprint density at radius 1 is 1.54 bits per heavy atom. The Morgan fingerprint density at radius 3 is 2.62 bits per heavy atom. The van der Waals surface area contributed by atoms with Gasteiger partial charge in [0, 0.05) is 16.8 Å². The van der Waals surface area contributed by atoms with Gasteiger partial charge in [-0.05, 0) is 18.8 Å². The monoisotopic (exact) mass is 199 g/mol. The quantitative estimate of drug-likeness (QED) is 0.767. The van der Waals surface area contributed by atoms with Crippen LogP contribution in [0.5, 0.6) is 0 Å². The molecule has 3 N–H and O–H groups in total. The maximum absolute atomic E-state index is 6.11. The molecule has 0 radical (unpaired) electrons. The summed E-state index contributed by atoms with van der Waals surface area (Å²) < 4.78 is 0. The van der Waals surface area contributed by atoms with E-state index < -0.39 is 0 Å². The molecular formula is C9H14ClN3. The van der Waals surface area contributed by atoms with E-state index in [-0.39, 0.29) is 5.54 Å². The molecule has 1 fully saturated rings. The number of nitrogens with zero attached hydrogens (tertiary/aromatic N) is 1. The van der Waals surface area contributed by atoms with Crippen LogP contribution < -0.4 is 5.73 Å². The van der Waals surface area contributed by atoms with Crippen molar-refractivity contribution < 1.29 is 0 Å². The predicted octanol–water partition coefficient (Wildman–Crippen LogP) is 2.13. The van der Waals surface area contributed by atoms with Gasteiger partial charge < -0.3 is 5.73 Å². The highest BCUT2D eigenvalue weighted by Crippen LogP contribution is 2.47. The smallest absolute Gasteiger partial charge is 0.156 e. The molecule has 0 aromatic carbocycles. The van der Waals surface area contributed by atoms with Crippen molar-refractivity contribution in [2.75, 3.05) is 0 Å². The van der Waals surface area contributed by atoms with E-state index in [0.717, 1.165) is 24.1 Å². The lowest BCUT2D eigenvalue weighted by Gasteiger charge is -2.11. The largest absolute Gasteiger partial charge is 0.321 e. The molecule has 1 aliphatic carbocycles. The summed E-state index contributed by atoms with van der Waals surface area (Å²) in [5.41, 5.74) is 8.04. The van der Waals surface area contributed by atoms with E-state index >= 15 is 0 Å². The van der Waals surface area contributed by atoms with Gasteiger partial charge >= 0.3 is 0 Å². The zero-order valence-electron chi connectivity index (χ0n) is 7.89. The van der Waals surface area contributed by atoms with E-state index in [1.165, 1.54) is 0 Å². The third-order valence-electron chi connectivity index (χ3n) is 2.61. The summed E-state index contributed by atoms with van der Waals surface area (Å²) in [6.45, 7) is 4.22. The van der Waals surface area contributed by atoms with E-state index in [0.29, 0.717) is 11.1 Å². The molecule has 0 saturated heterocycles. The van der Waals surface area contributed by atoms with Crippen LogP contribution in [0.25, 0.3) is 0 Å². The van der Waals surface area contributed by atoms with Crippen molar-refractivity contribution in [2.45, 2.75) is 38.1 Å². The van der Waals surface area contributed by atoms with Crippen LogP contribution in [-0.4, -0.2) is 10.2 Å². The first kappa shape index (κ1) is 9.03. The molecule has 0 atom stereocenters. The van der Waals surface area contributed by atoms with Crippen LogP contribution >= 0.6 is 11.6 Å². The lowest BCUT2D eigenvalue weighted by Crippen LogP contribution is -2.20. The molecule has 4 heteroatoms. The van der Waals surface area contributed by atoms with E-state index in [4.69, 9.17) is 17.3 Å². The molecule has 0 spiro atoms. The number of aromatic nitrogens is 2. The van der Waals surface area contributed by atoms with Crippen molar-refractivity contribution in [3.63, 3.8) is 0 Å². The highest BCUT2D eigenvalue weighted by atomic mass is 35.5. The summed E-state index contributed by atoms with van der Waals surface area (Å²) in [4.78, 5) is 0. The van der Waals surface area contributed by atoms with E-state index in [2.05, 4.69) is 24.0 Å². The lowest BCUT2D eigenvalue weighted by molar-refractivity contribution is 0.702. The minimum absolute atomic E-state index is 0.191. The van der Waals surface area contributed by atoms with Crippen molar-refractivity contribution >= 4 is 11.6 Å². The second-order valence-corrected chi connectivity index (χ2v) is 4.47. The molecule has 2 rings (SSSR count). The first-order valence-corrected chi connectivity index (χ1v) is 4.95. The van der Waals surface area contributed by atoms with Gasteiger partial charge in [-0.3, -0.25) is 5.10 Å². The average Bonchev–Trinajstić information content (AvgIpc) is 2.62. The maximum Gasteiger partial charge on any atom is 0.156 e. The average molecular weight is 200 g/mol. The fourth-order valence-electron chi connectivity index (χ4n) is 1.61. The number of aromatic amines is 1. The zero-order valence-corrected chi connectivity index (χ0v) is 8.65. The van der Waals surface area contributed by atoms with Gasteiger partial charge in [0.25, 0.3) is 0 Å². The minimum Gasteiger partial charge on any atom is -0.321 e. The predicted molar refractivity (Wildman–Crippen MR) is 52.8 cm³/mol. The summed E-state index contributed by atoms with van der Waals surface area (Å²) in [6.07, 6.45) is 2.04. The second-order valence-electron chi connectivity index (χ2n) is 4.11. The SMILES string of the molecule is CC(C)c1[nH]nc(Cl)c1C1(N)CC1. The first-order chi connectivity index (χ1) is 6.04.